The molecule has 114 heavy (non-hydrogen) atoms. The molecule has 17 rings (SSSR count). The first-order valence-corrected chi connectivity index (χ1v) is 36.6. The van der Waals surface area contributed by atoms with Crippen LogP contribution in [-0.4, -0.2) is 48.0 Å². The van der Waals surface area contributed by atoms with Gasteiger partial charge in [0.05, 0.1) is 74.2 Å². The second-order valence-electron chi connectivity index (χ2n) is 27.3. The number of carbonyl (C=O) groups is 4. The van der Waals surface area contributed by atoms with E-state index in [1.165, 1.54) is 0 Å². The van der Waals surface area contributed by atoms with Gasteiger partial charge in [-0.05, 0) is 195 Å². The fourth-order valence-corrected chi connectivity index (χ4v) is 14.4. The van der Waals surface area contributed by atoms with E-state index in [1.54, 1.807) is 66.7 Å². The number of benzene rings is 14. The van der Waals surface area contributed by atoms with Crippen LogP contribution in [0.2, 0.25) is 0 Å². The smallest absolute Gasteiger partial charge is 0.338 e. The minimum Gasteiger partial charge on any atom is -0.457 e. The van der Waals surface area contributed by atoms with Crippen LogP contribution in [0.25, 0.3) is 127 Å². The summed E-state index contributed by atoms with van der Waals surface area (Å²) in [5, 5.41) is 23.2. The van der Waals surface area contributed by atoms with Crippen molar-refractivity contribution >= 4 is 73.2 Å². The van der Waals surface area contributed by atoms with Gasteiger partial charge in [-0.1, -0.05) is 188 Å². The first kappa shape index (κ1) is 71.0. The van der Waals surface area contributed by atoms with Gasteiger partial charge in [0.15, 0.2) is 23.2 Å². The first-order chi connectivity index (χ1) is 56.0. The number of hydrogen-bond acceptors (Lipinski definition) is 13. The normalized spacial score (nSPS) is 11.1. The van der Waals surface area contributed by atoms with Crippen LogP contribution in [0.15, 0.2) is 328 Å². The maximum absolute atomic E-state index is 14.2. The van der Waals surface area contributed by atoms with Gasteiger partial charge in [-0.2, -0.15) is 10.5 Å². The monoisotopic (exact) mass is 1480 g/mol. The third-order valence-electron chi connectivity index (χ3n) is 19.9. The van der Waals surface area contributed by atoms with E-state index in [1.807, 2.05) is 261 Å². The highest BCUT2D eigenvalue weighted by atomic mass is 16.5. The van der Waals surface area contributed by atoms with Gasteiger partial charge in [-0.25, -0.2) is 39.0 Å². The summed E-state index contributed by atoms with van der Waals surface area (Å²) >= 11 is 0. The van der Waals surface area contributed by atoms with Gasteiger partial charge in [-0.3, -0.25) is 0 Å². The maximum atomic E-state index is 14.2. The third kappa shape index (κ3) is 14.7. The number of fused-ring (bicyclic) bond motifs is 6. The SMILES string of the molecule is [C-]#[N+]c1cccc(-c2cc(-c3nc(-c4cc(-c5cccc(C#N)c5)cc(-n5c6ccc(C(=O)OCc7ccccc7)cc6c6cc(C(=O)OCc7ccccc7)ccc65)c4)nc(-c4ccccc4-c4cccc(C#N)c4)n3)cc(-n3c4ccc(C(=O)OCc5ccccc5)cc4c4cc(C(=O)OCc5ccccc5)ccc43)c2)c1. The molecule has 0 saturated carbocycles. The zero-order valence-electron chi connectivity index (χ0n) is 60.8. The molecular weight excluding hydrogens is 1420 g/mol. The van der Waals surface area contributed by atoms with E-state index < -0.39 is 23.9 Å². The van der Waals surface area contributed by atoms with Gasteiger partial charge in [0.1, 0.15) is 26.4 Å². The lowest BCUT2D eigenvalue weighted by Gasteiger charge is -2.17. The van der Waals surface area contributed by atoms with Crippen LogP contribution in [0, 0.1) is 29.2 Å². The van der Waals surface area contributed by atoms with Crippen molar-refractivity contribution in [3.8, 4) is 91.1 Å². The van der Waals surface area contributed by atoms with E-state index in [9.17, 15) is 29.7 Å². The second-order valence-corrected chi connectivity index (χ2v) is 27.3. The average molecular weight is 1480 g/mol. The molecule has 0 aliphatic rings. The number of nitriles is 2. The third-order valence-corrected chi connectivity index (χ3v) is 19.9. The van der Waals surface area contributed by atoms with Crippen molar-refractivity contribution in [1.29, 1.82) is 10.5 Å². The largest absolute Gasteiger partial charge is 0.457 e. The van der Waals surface area contributed by atoms with Crippen molar-refractivity contribution < 1.29 is 38.1 Å². The molecule has 0 spiro atoms. The minimum atomic E-state index is -0.549. The molecule has 0 radical (unpaired) electrons. The number of ether oxygens (including phenoxy) is 4. The molecule has 0 N–H and O–H groups in total. The van der Waals surface area contributed by atoms with Crippen LogP contribution < -0.4 is 0 Å². The number of carbonyl (C=O) groups excluding carboxylic acids is 4. The van der Waals surface area contributed by atoms with Gasteiger partial charge in [0.2, 0.25) is 0 Å². The molecule has 0 aliphatic heterocycles. The summed E-state index contributed by atoms with van der Waals surface area (Å²) in [6, 6.07) is 105. The molecule has 0 unspecified atom stereocenters. The summed E-state index contributed by atoms with van der Waals surface area (Å²) in [5.74, 6) is -1.49. The Balaban J connectivity index is 0.884. The standard InChI is InChI=1S/C98H62N8O8/c1-101-79-32-18-30-69(47-79)76-46-78(51-81(49-76)106-90-41-37-73(97(109)113-60-64-23-10-4-11-24-64)54-86(90)87-55-74(38-42-91(87)106)98(110)114-61-65-25-12-5-13-26-65)93-102-92(103-94(104-93)83-34-15-14-33-82(83)70-31-17-28-67(44-70)57-100)77-45-75(68-29-16-27-66(43-68)56-99)48-80(50-77)105-88-39-35-71(95(107)111-58-62-19-6-2-7-20-62)52-84(88)85-53-72(36-40-89(85)105)96(108)112-59-63-21-8-3-9-22-63/h2-55H,58-61H2. The number of hydrogen-bond donors (Lipinski definition) is 0. The van der Waals surface area contributed by atoms with Gasteiger partial charge in [0, 0.05) is 49.6 Å². The Bertz CT molecular complexity index is 6240. The van der Waals surface area contributed by atoms with Gasteiger partial charge in [-0.15, -0.1) is 0 Å². The minimum absolute atomic E-state index is 0.0423. The van der Waals surface area contributed by atoms with Gasteiger partial charge < -0.3 is 28.1 Å². The summed E-state index contributed by atoms with van der Waals surface area (Å²) in [6.45, 7) is 8.35. The molecule has 17 aromatic rings. The molecule has 0 amide bonds. The lowest BCUT2D eigenvalue weighted by Crippen LogP contribution is -2.05. The Morgan fingerprint density at radius 2 is 0.632 bits per heavy atom. The van der Waals surface area contributed by atoms with E-state index in [0.717, 1.165) is 33.4 Å². The Morgan fingerprint density at radius 1 is 0.307 bits per heavy atom. The molecule has 3 heterocycles. The number of rotatable bonds is 20. The number of nitrogens with zero attached hydrogens (tertiary/aromatic N) is 8. The van der Waals surface area contributed by atoms with E-state index in [-0.39, 0.29) is 66.2 Å². The molecule has 3 aromatic heterocycles. The van der Waals surface area contributed by atoms with E-state index in [2.05, 4.69) is 26.1 Å². The fraction of sp³-hybridized carbons (Fsp3) is 0.0408. The average Bonchev–Trinajstić information content (AvgIpc) is 1.44. The van der Waals surface area contributed by atoms with Crippen molar-refractivity contribution in [1.82, 2.24) is 24.1 Å². The van der Waals surface area contributed by atoms with Crippen LogP contribution in [0.4, 0.5) is 5.69 Å². The Kier molecular flexibility index (Phi) is 19.5. The van der Waals surface area contributed by atoms with Crippen molar-refractivity contribution in [2.45, 2.75) is 26.4 Å². The summed E-state index contributed by atoms with van der Waals surface area (Å²) in [5.41, 5.74) is 15.4. The summed E-state index contributed by atoms with van der Waals surface area (Å²) in [6.07, 6.45) is 0. The zero-order chi connectivity index (χ0) is 77.6. The maximum Gasteiger partial charge on any atom is 0.338 e. The molecule has 14 aromatic carbocycles. The van der Waals surface area contributed by atoms with Crippen molar-refractivity contribution in [3.63, 3.8) is 0 Å². The quantitative estimate of drug-likeness (QED) is 0.0396. The molecule has 0 bridgehead atoms. The summed E-state index contributed by atoms with van der Waals surface area (Å²) in [7, 11) is 0. The van der Waals surface area contributed by atoms with E-state index in [0.29, 0.717) is 111 Å². The lowest BCUT2D eigenvalue weighted by atomic mass is 9.97. The zero-order valence-corrected chi connectivity index (χ0v) is 60.8. The molecule has 0 aliphatic carbocycles. The highest BCUT2D eigenvalue weighted by Gasteiger charge is 2.26. The molecule has 16 nitrogen and oxygen atoms in total. The fourth-order valence-electron chi connectivity index (χ4n) is 14.4. The predicted molar refractivity (Wildman–Crippen MR) is 439 cm³/mol. The van der Waals surface area contributed by atoms with E-state index in [4.69, 9.17) is 40.5 Å². The van der Waals surface area contributed by atoms with Crippen LogP contribution in [0.1, 0.15) is 74.8 Å². The Labute approximate surface area is 654 Å². The van der Waals surface area contributed by atoms with Crippen LogP contribution >= 0.6 is 0 Å². The van der Waals surface area contributed by atoms with Crippen molar-refractivity contribution in [3.05, 3.63) is 395 Å². The molecule has 542 valence electrons. The summed E-state index contributed by atoms with van der Waals surface area (Å²) in [4.78, 5) is 77.1. The van der Waals surface area contributed by atoms with E-state index >= 15 is 0 Å². The molecular formula is C98H62N8O8. The van der Waals surface area contributed by atoms with Crippen molar-refractivity contribution in [2.75, 3.05) is 0 Å². The molecule has 16 heteroatoms. The predicted octanol–water partition coefficient (Wildman–Crippen LogP) is 21.8. The molecule has 0 saturated heterocycles. The number of esters is 4. The highest BCUT2D eigenvalue weighted by Crippen LogP contribution is 2.42. The Morgan fingerprint density at radius 3 is 1.01 bits per heavy atom. The second kappa shape index (κ2) is 31.3. The summed E-state index contributed by atoms with van der Waals surface area (Å²) < 4.78 is 27.8. The van der Waals surface area contributed by atoms with Crippen LogP contribution in [0.5, 0.6) is 0 Å². The van der Waals surface area contributed by atoms with Gasteiger partial charge in [0.25, 0.3) is 0 Å². The number of aromatic nitrogens is 5. The van der Waals surface area contributed by atoms with Crippen LogP contribution in [0.3, 0.4) is 0 Å². The van der Waals surface area contributed by atoms with Crippen molar-refractivity contribution in [2.24, 2.45) is 0 Å². The van der Waals surface area contributed by atoms with Gasteiger partial charge >= 0.3 is 23.9 Å². The first-order valence-electron chi connectivity index (χ1n) is 36.6. The topological polar surface area (TPSA) is 206 Å². The molecule has 0 atom stereocenters. The van der Waals surface area contributed by atoms with Crippen LogP contribution in [-0.2, 0) is 45.4 Å². The highest BCUT2D eigenvalue weighted by molar-refractivity contribution is 6.15. The Hall–Kier alpha value is -16.0. The molecule has 0 fully saturated rings. The lowest BCUT2D eigenvalue weighted by molar-refractivity contribution is 0.0464.